The lowest BCUT2D eigenvalue weighted by Gasteiger charge is -2.34. The average molecular weight is 533 g/mol. The zero-order valence-corrected chi connectivity index (χ0v) is 21.1. The van der Waals surface area contributed by atoms with E-state index in [1.807, 2.05) is 6.07 Å². The quantitative estimate of drug-likeness (QED) is 0.276. The highest BCUT2D eigenvalue weighted by Gasteiger charge is 2.39. The lowest BCUT2D eigenvalue weighted by atomic mass is 9.83. The monoisotopic (exact) mass is 532 g/mol. The fourth-order valence-electron chi connectivity index (χ4n) is 4.81. The molecule has 2 saturated carbocycles. The smallest absolute Gasteiger partial charge is 0.150 e. The summed E-state index contributed by atoms with van der Waals surface area (Å²) < 4.78 is 26.9. The van der Waals surface area contributed by atoms with Crippen molar-refractivity contribution in [2.24, 2.45) is 0 Å². The summed E-state index contributed by atoms with van der Waals surface area (Å²) in [4.78, 5) is 4.43. The molecule has 0 atom stereocenters. The van der Waals surface area contributed by atoms with Gasteiger partial charge in [0.25, 0.3) is 0 Å². The Morgan fingerprint density at radius 1 is 1.09 bits per heavy atom. The van der Waals surface area contributed by atoms with Gasteiger partial charge in [0.05, 0.1) is 27.5 Å². The van der Waals surface area contributed by atoms with Crippen molar-refractivity contribution >= 4 is 44.8 Å². The van der Waals surface area contributed by atoms with E-state index in [0.29, 0.717) is 70.0 Å². The SMILES string of the molecule is OC1(c2nc3c(F)cccc3s2)CCC(OCc2c(-c3c(Cl)cccc3Cl)noc2C2CC2)CC1. The number of fused-ring (bicyclic) bond motifs is 1. The first-order chi connectivity index (χ1) is 16.9. The van der Waals surface area contributed by atoms with Crippen LogP contribution in [0.2, 0.25) is 10.0 Å². The molecule has 0 bridgehead atoms. The molecule has 2 aromatic heterocycles. The first-order valence-electron chi connectivity index (χ1n) is 11.8. The molecule has 2 heterocycles. The molecule has 4 aromatic rings. The van der Waals surface area contributed by atoms with Gasteiger partial charge < -0.3 is 14.4 Å². The first-order valence-corrected chi connectivity index (χ1v) is 13.3. The van der Waals surface area contributed by atoms with Crippen LogP contribution in [-0.4, -0.2) is 21.4 Å². The second-order valence-electron chi connectivity index (χ2n) is 9.39. The highest BCUT2D eigenvalue weighted by molar-refractivity contribution is 7.18. The summed E-state index contributed by atoms with van der Waals surface area (Å²) in [5.74, 6) is 0.840. The van der Waals surface area contributed by atoms with Gasteiger partial charge in [-0.1, -0.05) is 40.5 Å². The van der Waals surface area contributed by atoms with Crippen LogP contribution in [0.1, 0.15) is 60.8 Å². The van der Waals surface area contributed by atoms with Crippen LogP contribution in [0.15, 0.2) is 40.9 Å². The molecule has 2 aliphatic rings. The number of nitrogens with zero attached hydrogens (tertiary/aromatic N) is 2. The van der Waals surface area contributed by atoms with E-state index in [-0.39, 0.29) is 11.9 Å². The van der Waals surface area contributed by atoms with Crippen molar-refractivity contribution < 1.29 is 18.8 Å². The van der Waals surface area contributed by atoms with Crippen molar-refractivity contribution in [3.63, 3.8) is 0 Å². The molecule has 6 rings (SSSR count). The van der Waals surface area contributed by atoms with Crippen LogP contribution in [-0.2, 0) is 16.9 Å². The van der Waals surface area contributed by atoms with E-state index in [9.17, 15) is 9.50 Å². The highest BCUT2D eigenvalue weighted by Crippen LogP contribution is 2.47. The molecule has 0 saturated heterocycles. The van der Waals surface area contributed by atoms with E-state index in [1.54, 1.807) is 24.3 Å². The average Bonchev–Trinajstić information content (AvgIpc) is 3.44. The van der Waals surface area contributed by atoms with Crippen LogP contribution in [0.25, 0.3) is 21.5 Å². The Hall–Kier alpha value is -2.03. The molecule has 5 nitrogen and oxygen atoms in total. The highest BCUT2D eigenvalue weighted by atomic mass is 35.5. The zero-order chi connectivity index (χ0) is 24.2. The molecule has 9 heteroatoms. The molecule has 2 aromatic carbocycles. The van der Waals surface area contributed by atoms with Gasteiger partial charge in [-0.05, 0) is 62.8 Å². The third kappa shape index (κ3) is 4.38. The fraction of sp³-hybridized carbons (Fsp3) is 0.385. The number of aromatic nitrogens is 2. The van der Waals surface area contributed by atoms with Gasteiger partial charge in [0.1, 0.15) is 33.4 Å². The number of benzene rings is 2. The lowest BCUT2D eigenvalue weighted by Crippen LogP contribution is -2.34. The molecular weight excluding hydrogens is 510 g/mol. The number of hydrogen-bond donors (Lipinski definition) is 1. The zero-order valence-electron chi connectivity index (χ0n) is 18.8. The second kappa shape index (κ2) is 9.12. The summed E-state index contributed by atoms with van der Waals surface area (Å²) in [6.45, 7) is 0.335. The molecule has 35 heavy (non-hydrogen) atoms. The molecule has 2 aliphatic carbocycles. The van der Waals surface area contributed by atoms with Gasteiger partial charge in [-0.15, -0.1) is 11.3 Å². The van der Waals surface area contributed by atoms with Crippen molar-refractivity contribution in [2.75, 3.05) is 0 Å². The van der Waals surface area contributed by atoms with Crippen LogP contribution in [0.5, 0.6) is 0 Å². The summed E-state index contributed by atoms with van der Waals surface area (Å²) in [6.07, 6.45) is 4.44. The number of thiazole rings is 1. The first kappa shape index (κ1) is 23.4. The number of hydrogen-bond acceptors (Lipinski definition) is 6. The summed E-state index contributed by atoms with van der Waals surface area (Å²) >= 11 is 14.3. The summed E-state index contributed by atoms with van der Waals surface area (Å²) in [5.41, 5.74) is 1.44. The van der Waals surface area contributed by atoms with Crippen molar-refractivity contribution in [3.05, 3.63) is 68.6 Å². The molecular formula is C26H23Cl2FN2O3S. The van der Waals surface area contributed by atoms with Crippen LogP contribution < -0.4 is 0 Å². The van der Waals surface area contributed by atoms with Gasteiger partial charge in [0.2, 0.25) is 0 Å². The van der Waals surface area contributed by atoms with Crippen LogP contribution >= 0.6 is 34.5 Å². The Labute approximate surface area is 215 Å². The topological polar surface area (TPSA) is 68.4 Å². The van der Waals surface area contributed by atoms with Crippen LogP contribution in [0.4, 0.5) is 4.39 Å². The second-order valence-corrected chi connectivity index (χ2v) is 11.2. The Balaban J connectivity index is 1.18. The van der Waals surface area contributed by atoms with Crippen molar-refractivity contribution in [1.82, 2.24) is 10.1 Å². The number of aliphatic hydroxyl groups is 1. The van der Waals surface area contributed by atoms with Crippen molar-refractivity contribution in [2.45, 2.75) is 62.8 Å². The van der Waals surface area contributed by atoms with Gasteiger partial charge in [-0.25, -0.2) is 9.37 Å². The molecule has 0 spiro atoms. The fourth-order valence-corrected chi connectivity index (χ4v) is 6.52. The van der Waals surface area contributed by atoms with E-state index < -0.39 is 5.60 Å². The number of para-hydroxylation sites is 1. The largest absolute Gasteiger partial charge is 0.383 e. The van der Waals surface area contributed by atoms with Crippen LogP contribution in [0, 0.1) is 5.82 Å². The van der Waals surface area contributed by atoms with Gasteiger partial charge in [-0.3, -0.25) is 0 Å². The predicted octanol–water partition coefficient (Wildman–Crippen LogP) is 7.62. The molecule has 182 valence electrons. The molecule has 0 radical (unpaired) electrons. The maximum Gasteiger partial charge on any atom is 0.150 e. The van der Waals surface area contributed by atoms with Crippen molar-refractivity contribution in [1.29, 1.82) is 0 Å². The van der Waals surface area contributed by atoms with Gasteiger partial charge >= 0.3 is 0 Å². The minimum absolute atomic E-state index is 0.0297. The maximum atomic E-state index is 14.1. The third-order valence-electron chi connectivity index (χ3n) is 6.96. The number of halogens is 3. The van der Waals surface area contributed by atoms with E-state index in [4.69, 9.17) is 32.5 Å². The summed E-state index contributed by atoms with van der Waals surface area (Å²) in [6, 6.07) is 10.3. The van der Waals surface area contributed by atoms with E-state index in [1.165, 1.54) is 17.4 Å². The molecule has 0 amide bonds. The Bertz CT molecular complexity index is 1370. The Kier molecular flexibility index (Phi) is 6.09. The molecule has 1 N–H and O–H groups in total. The van der Waals surface area contributed by atoms with Gasteiger partial charge in [0, 0.05) is 17.0 Å². The summed E-state index contributed by atoms with van der Waals surface area (Å²) in [5, 5.41) is 17.2. The maximum absolute atomic E-state index is 14.1. The number of rotatable bonds is 6. The van der Waals surface area contributed by atoms with Crippen molar-refractivity contribution in [3.8, 4) is 11.3 Å². The summed E-state index contributed by atoms with van der Waals surface area (Å²) in [7, 11) is 0. The van der Waals surface area contributed by atoms with E-state index in [0.717, 1.165) is 28.9 Å². The van der Waals surface area contributed by atoms with Gasteiger partial charge in [0.15, 0.2) is 0 Å². The van der Waals surface area contributed by atoms with Crippen LogP contribution in [0.3, 0.4) is 0 Å². The third-order valence-corrected chi connectivity index (χ3v) is 8.80. The predicted molar refractivity (Wildman–Crippen MR) is 134 cm³/mol. The molecule has 0 aliphatic heterocycles. The van der Waals surface area contributed by atoms with Gasteiger partial charge in [-0.2, -0.15) is 0 Å². The Morgan fingerprint density at radius 2 is 1.80 bits per heavy atom. The normalized spacial score (nSPS) is 22.7. The minimum Gasteiger partial charge on any atom is -0.383 e. The molecule has 0 unspecified atom stereocenters. The minimum atomic E-state index is -1.07. The Morgan fingerprint density at radius 3 is 2.49 bits per heavy atom. The molecule has 2 fully saturated rings. The number of ether oxygens (including phenoxy) is 1. The van der Waals surface area contributed by atoms with E-state index in [2.05, 4.69) is 10.1 Å². The van der Waals surface area contributed by atoms with E-state index >= 15 is 0 Å². The standard InChI is InChI=1S/C26H23Cl2FN2O3S/c27-17-3-1-4-18(28)21(17)22-16(24(34-31-22)14-7-8-14)13-33-15-9-11-26(32,12-10-15)25-30-23-19(29)5-2-6-20(23)35-25/h1-6,14-15,32H,7-13H2. The lowest BCUT2D eigenvalue weighted by molar-refractivity contribution is -0.0641.